The molecule has 0 aliphatic heterocycles. The highest BCUT2D eigenvalue weighted by atomic mass is 16.1. The molecule has 0 bridgehead atoms. The van der Waals surface area contributed by atoms with Gasteiger partial charge in [-0.05, 0) is 43.1 Å². The molecule has 2 heteroatoms. The van der Waals surface area contributed by atoms with Crippen molar-refractivity contribution < 1.29 is 4.79 Å². The molecule has 0 aromatic carbocycles. The number of hydrogen-bond acceptors (Lipinski definition) is 1. The van der Waals surface area contributed by atoms with Crippen LogP contribution in [-0.4, -0.2) is 10.4 Å². The van der Waals surface area contributed by atoms with E-state index in [4.69, 9.17) is 0 Å². The Morgan fingerprint density at radius 1 is 1.10 bits per heavy atom. The molecule has 116 valence electrons. The van der Waals surface area contributed by atoms with E-state index in [-0.39, 0.29) is 5.41 Å². The van der Waals surface area contributed by atoms with Gasteiger partial charge in [-0.2, -0.15) is 0 Å². The minimum atomic E-state index is 0.111. The second-order valence-electron chi connectivity index (χ2n) is 8.54. The summed E-state index contributed by atoms with van der Waals surface area (Å²) in [6.07, 6.45) is 8.52. The van der Waals surface area contributed by atoms with E-state index in [1.54, 1.807) is 0 Å². The number of carbonyl (C=O) groups excluding carboxylic acids is 1. The molecule has 0 amide bonds. The zero-order valence-electron chi connectivity index (χ0n) is 14.1. The Morgan fingerprint density at radius 2 is 1.76 bits per heavy atom. The third kappa shape index (κ3) is 2.82. The SMILES string of the molecule is Cc1cc2c(n1CC1(C)CCCCC1)CC(C)(C)CC2=O. The van der Waals surface area contributed by atoms with E-state index in [9.17, 15) is 4.79 Å². The van der Waals surface area contributed by atoms with E-state index < -0.39 is 0 Å². The smallest absolute Gasteiger partial charge is 0.165 e. The lowest BCUT2D eigenvalue weighted by Gasteiger charge is -2.36. The van der Waals surface area contributed by atoms with Gasteiger partial charge in [0.25, 0.3) is 0 Å². The molecule has 3 rings (SSSR count). The van der Waals surface area contributed by atoms with Crippen LogP contribution in [0.3, 0.4) is 0 Å². The van der Waals surface area contributed by atoms with E-state index >= 15 is 0 Å². The van der Waals surface area contributed by atoms with Crippen LogP contribution in [0.25, 0.3) is 0 Å². The molecule has 1 fully saturated rings. The van der Waals surface area contributed by atoms with E-state index in [2.05, 4.69) is 38.3 Å². The van der Waals surface area contributed by atoms with Crippen LogP contribution >= 0.6 is 0 Å². The van der Waals surface area contributed by atoms with Gasteiger partial charge in [0.1, 0.15) is 0 Å². The standard InChI is InChI=1S/C19H29NO/c1-14-10-15-16(11-18(2,3)12-17(15)21)20(14)13-19(4)8-6-5-7-9-19/h10H,5-9,11-13H2,1-4H3. The predicted molar refractivity (Wildman–Crippen MR) is 86.8 cm³/mol. The lowest BCUT2D eigenvalue weighted by Crippen LogP contribution is -2.31. The summed E-state index contributed by atoms with van der Waals surface area (Å²) in [4.78, 5) is 12.4. The lowest BCUT2D eigenvalue weighted by atomic mass is 9.74. The molecule has 2 nitrogen and oxygen atoms in total. The molecule has 21 heavy (non-hydrogen) atoms. The van der Waals surface area contributed by atoms with Crippen molar-refractivity contribution in [2.45, 2.75) is 79.2 Å². The van der Waals surface area contributed by atoms with E-state index in [0.29, 0.717) is 17.6 Å². The molecule has 0 saturated heterocycles. The minimum Gasteiger partial charge on any atom is -0.348 e. The van der Waals surface area contributed by atoms with Crippen LogP contribution in [0.4, 0.5) is 0 Å². The second-order valence-corrected chi connectivity index (χ2v) is 8.54. The monoisotopic (exact) mass is 287 g/mol. The summed E-state index contributed by atoms with van der Waals surface area (Å²) in [5, 5.41) is 0. The van der Waals surface area contributed by atoms with Crippen molar-refractivity contribution in [2.24, 2.45) is 10.8 Å². The predicted octanol–water partition coefficient (Wildman–Crippen LogP) is 4.92. The molecule has 0 unspecified atom stereocenters. The summed E-state index contributed by atoms with van der Waals surface area (Å²) < 4.78 is 2.47. The van der Waals surface area contributed by atoms with Crippen LogP contribution in [-0.2, 0) is 13.0 Å². The topological polar surface area (TPSA) is 22.0 Å². The zero-order valence-corrected chi connectivity index (χ0v) is 14.1. The zero-order chi connectivity index (χ0) is 15.3. The molecule has 2 aliphatic carbocycles. The maximum Gasteiger partial charge on any atom is 0.165 e. The Bertz CT molecular complexity index is 558. The van der Waals surface area contributed by atoms with Crippen molar-refractivity contribution in [2.75, 3.05) is 0 Å². The Morgan fingerprint density at radius 3 is 2.43 bits per heavy atom. The van der Waals surface area contributed by atoms with Gasteiger partial charge in [-0.3, -0.25) is 4.79 Å². The molecule has 1 aromatic rings. The third-order valence-corrected chi connectivity index (χ3v) is 5.60. The van der Waals surface area contributed by atoms with Gasteiger partial charge < -0.3 is 4.57 Å². The number of nitrogens with zero attached hydrogens (tertiary/aromatic N) is 1. The molecular formula is C19H29NO. The molecule has 0 spiro atoms. The maximum atomic E-state index is 12.4. The number of hydrogen-bond donors (Lipinski definition) is 0. The van der Waals surface area contributed by atoms with Crippen LogP contribution < -0.4 is 0 Å². The number of aryl methyl sites for hydroxylation is 1. The average molecular weight is 287 g/mol. The van der Waals surface area contributed by atoms with Gasteiger partial charge in [0.2, 0.25) is 0 Å². The molecular weight excluding hydrogens is 258 g/mol. The first-order valence-electron chi connectivity index (χ1n) is 8.52. The fourth-order valence-electron chi connectivity index (χ4n) is 4.37. The fraction of sp³-hybridized carbons (Fsp3) is 0.737. The van der Waals surface area contributed by atoms with Crippen molar-refractivity contribution in [1.82, 2.24) is 4.57 Å². The molecule has 1 saturated carbocycles. The summed E-state index contributed by atoms with van der Waals surface area (Å²) >= 11 is 0. The minimum absolute atomic E-state index is 0.111. The third-order valence-electron chi connectivity index (χ3n) is 5.60. The number of fused-ring (bicyclic) bond motifs is 1. The van der Waals surface area contributed by atoms with Crippen LogP contribution in [0, 0.1) is 17.8 Å². The van der Waals surface area contributed by atoms with Crippen molar-refractivity contribution in [3.63, 3.8) is 0 Å². The Labute approximate surface area is 128 Å². The van der Waals surface area contributed by atoms with E-state index in [0.717, 1.165) is 18.5 Å². The van der Waals surface area contributed by atoms with Crippen LogP contribution in [0.2, 0.25) is 0 Å². The molecule has 1 aromatic heterocycles. The second kappa shape index (κ2) is 5.00. The molecule has 2 aliphatic rings. The van der Waals surface area contributed by atoms with Gasteiger partial charge >= 0.3 is 0 Å². The summed E-state index contributed by atoms with van der Waals surface area (Å²) in [7, 11) is 0. The molecule has 1 heterocycles. The van der Waals surface area contributed by atoms with Crippen LogP contribution in [0.5, 0.6) is 0 Å². The van der Waals surface area contributed by atoms with Gasteiger partial charge in [-0.15, -0.1) is 0 Å². The first-order chi connectivity index (χ1) is 9.80. The molecule has 0 N–H and O–H groups in total. The number of rotatable bonds is 2. The fourth-order valence-corrected chi connectivity index (χ4v) is 4.37. The maximum absolute atomic E-state index is 12.4. The number of carbonyl (C=O) groups is 1. The summed E-state index contributed by atoms with van der Waals surface area (Å²) in [6.45, 7) is 10.2. The summed E-state index contributed by atoms with van der Waals surface area (Å²) in [5.74, 6) is 0.344. The summed E-state index contributed by atoms with van der Waals surface area (Å²) in [6, 6.07) is 2.14. The highest BCUT2D eigenvalue weighted by Crippen LogP contribution is 2.41. The van der Waals surface area contributed by atoms with Gasteiger partial charge in [-0.1, -0.05) is 40.0 Å². The van der Waals surface area contributed by atoms with Crippen molar-refractivity contribution in [1.29, 1.82) is 0 Å². The number of aromatic nitrogens is 1. The lowest BCUT2D eigenvalue weighted by molar-refractivity contribution is 0.0907. The van der Waals surface area contributed by atoms with Crippen LogP contribution in [0.1, 0.15) is 81.0 Å². The van der Waals surface area contributed by atoms with E-state index in [1.165, 1.54) is 43.5 Å². The Balaban J connectivity index is 1.95. The normalized spacial score (nSPS) is 23.9. The first-order valence-corrected chi connectivity index (χ1v) is 8.52. The van der Waals surface area contributed by atoms with Gasteiger partial charge in [-0.25, -0.2) is 0 Å². The van der Waals surface area contributed by atoms with Crippen molar-refractivity contribution >= 4 is 5.78 Å². The quantitative estimate of drug-likeness (QED) is 0.756. The highest BCUT2D eigenvalue weighted by Gasteiger charge is 2.36. The molecule has 0 atom stereocenters. The Hall–Kier alpha value is -1.05. The average Bonchev–Trinajstić information content (AvgIpc) is 2.67. The van der Waals surface area contributed by atoms with E-state index in [1.807, 2.05) is 0 Å². The number of Topliss-reactive ketones (excluding diaryl/α,β-unsaturated/α-hetero) is 1. The number of ketones is 1. The highest BCUT2D eigenvalue weighted by molar-refractivity contribution is 5.99. The first kappa shape index (κ1) is 14.9. The van der Waals surface area contributed by atoms with Crippen LogP contribution in [0.15, 0.2) is 6.07 Å². The Kier molecular flexibility index (Phi) is 3.54. The van der Waals surface area contributed by atoms with Gasteiger partial charge in [0.05, 0.1) is 0 Å². The summed E-state index contributed by atoms with van der Waals surface area (Å²) in [5.41, 5.74) is 4.12. The van der Waals surface area contributed by atoms with Crippen molar-refractivity contribution in [3.8, 4) is 0 Å². The van der Waals surface area contributed by atoms with Gasteiger partial charge in [0, 0.05) is 29.9 Å². The van der Waals surface area contributed by atoms with Gasteiger partial charge in [0.15, 0.2) is 5.78 Å². The molecule has 0 radical (unpaired) electrons. The largest absolute Gasteiger partial charge is 0.348 e. The van der Waals surface area contributed by atoms with Crippen molar-refractivity contribution in [3.05, 3.63) is 23.0 Å².